The summed E-state index contributed by atoms with van der Waals surface area (Å²) in [5.41, 5.74) is 3.72. The lowest BCUT2D eigenvalue weighted by atomic mass is 9.92. The van der Waals surface area contributed by atoms with E-state index in [0.29, 0.717) is 0 Å². The topological polar surface area (TPSA) is 9.23 Å². The number of hydrogen-bond donors (Lipinski definition) is 0. The number of ether oxygens (including phenoxy) is 1. The summed E-state index contributed by atoms with van der Waals surface area (Å²) in [6.07, 6.45) is 2.27. The average Bonchev–Trinajstić information content (AvgIpc) is 2.96. The van der Waals surface area contributed by atoms with E-state index in [0.717, 1.165) is 19.4 Å². The smallest absolute Gasteiger partial charge is 0.0820 e. The molecule has 2 atom stereocenters. The second-order valence-electron chi connectivity index (χ2n) is 5.62. The normalized spacial score (nSPS) is 23.7. The lowest BCUT2D eigenvalue weighted by Gasteiger charge is -2.29. The molecular weight excluding hydrogens is 312 g/mol. The van der Waals surface area contributed by atoms with Gasteiger partial charge in [0, 0.05) is 6.61 Å². The van der Waals surface area contributed by atoms with Gasteiger partial charge in [0.05, 0.1) is 10.4 Å². The van der Waals surface area contributed by atoms with Gasteiger partial charge in [-0.25, -0.2) is 0 Å². The van der Waals surface area contributed by atoms with E-state index in [9.17, 15) is 0 Å². The third kappa shape index (κ3) is 2.68. The van der Waals surface area contributed by atoms with Gasteiger partial charge in [0.25, 0.3) is 0 Å². The summed E-state index contributed by atoms with van der Waals surface area (Å²) >= 11 is 3.82. The fourth-order valence-corrected chi connectivity index (χ4v) is 3.49. The lowest BCUT2D eigenvalue weighted by Crippen LogP contribution is -2.28. The molecule has 1 nitrogen and oxygen atoms in total. The molecule has 0 aromatic heterocycles. The van der Waals surface area contributed by atoms with Crippen LogP contribution in [-0.4, -0.2) is 12.2 Å². The van der Waals surface area contributed by atoms with Gasteiger partial charge in [0.2, 0.25) is 0 Å². The first-order chi connectivity index (χ1) is 9.69. The molecule has 0 bridgehead atoms. The lowest BCUT2D eigenvalue weighted by molar-refractivity contribution is 0.0197. The highest BCUT2D eigenvalue weighted by Crippen LogP contribution is 2.43. The second-order valence-corrected chi connectivity index (χ2v) is 6.53. The third-order valence-corrected chi connectivity index (χ3v) is 5.59. The minimum absolute atomic E-state index is 0.0751. The van der Waals surface area contributed by atoms with Crippen LogP contribution in [0.3, 0.4) is 0 Å². The van der Waals surface area contributed by atoms with Crippen LogP contribution in [0.1, 0.15) is 30.2 Å². The Hall–Kier alpha value is -1.12. The zero-order chi connectivity index (χ0) is 14.0. The maximum absolute atomic E-state index is 5.92. The molecule has 0 saturated carbocycles. The summed E-state index contributed by atoms with van der Waals surface area (Å²) in [5, 5.41) is 0. The number of hydrogen-bond acceptors (Lipinski definition) is 1. The largest absolute Gasteiger partial charge is 0.374 e. The maximum Gasteiger partial charge on any atom is 0.0820 e. The van der Waals surface area contributed by atoms with Crippen molar-refractivity contribution in [3.8, 4) is 11.1 Å². The molecule has 1 aliphatic heterocycles. The Morgan fingerprint density at radius 1 is 1.00 bits per heavy atom. The second kappa shape index (κ2) is 5.71. The Bertz CT molecular complexity index is 556. The maximum atomic E-state index is 5.92. The van der Waals surface area contributed by atoms with Crippen LogP contribution in [-0.2, 0) is 4.74 Å². The summed E-state index contributed by atoms with van der Waals surface area (Å²) < 4.78 is 5.92. The van der Waals surface area contributed by atoms with Gasteiger partial charge in [-0.1, -0.05) is 70.5 Å². The monoisotopic (exact) mass is 330 g/mol. The molecule has 2 aromatic rings. The molecule has 1 heterocycles. The van der Waals surface area contributed by atoms with Crippen LogP contribution < -0.4 is 0 Å². The summed E-state index contributed by atoms with van der Waals surface area (Å²) in [4.78, 5) is 0.252. The van der Waals surface area contributed by atoms with Crippen molar-refractivity contribution in [3.05, 3.63) is 60.2 Å². The van der Waals surface area contributed by atoms with Gasteiger partial charge in [0.15, 0.2) is 0 Å². The van der Waals surface area contributed by atoms with Crippen molar-refractivity contribution in [1.29, 1.82) is 0 Å². The van der Waals surface area contributed by atoms with E-state index in [1.807, 2.05) is 6.07 Å². The predicted octanol–water partition coefficient (Wildman–Crippen LogP) is 5.36. The molecule has 0 amide bonds. The zero-order valence-electron chi connectivity index (χ0n) is 11.7. The van der Waals surface area contributed by atoms with E-state index in [1.165, 1.54) is 16.7 Å². The standard InChI is InChI=1S/C18H19BrO/c1-18(12-5-13-20-18)17(19)16-10-8-15(9-11-16)14-6-3-2-4-7-14/h2-4,6-11,17H,5,12-13H2,1H3. The predicted molar refractivity (Wildman–Crippen MR) is 87.1 cm³/mol. The highest BCUT2D eigenvalue weighted by molar-refractivity contribution is 9.09. The fraction of sp³-hybridized carbons (Fsp3) is 0.333. The molecule has 0 aliphatic carbocycles. The van der Waals surface area contributed by atoms with Crippen molar-refractivity contribution in [3.63, 3.8) is 0 Å². The first kappa shape index (κ1) is 13.8. The van der Waals surface area contributed by atoms with Gasteiger partial charge < -0.3 is 4.74 Å². The quantitative estimate of drug-likeness (QED) is 0.688. The van der Waals surface area contributed by atoms with Gasteiger partial charge in [-0.15, -0.1) is 0 Å². The molecule has 2 aromatic carbocycles. The molecule has 0 radical (unpaired) electrons. The van der Waals surface area contributed by atoms with E-state index in [4.69, 9.17) is 4.74 Å². The van der Waals surface area contributed by atoms with Crippen LogP contribution in [0.2, 0.25) is 0 Å². The number of alkyl halides is 1. The Kier molecular flexibility index (Phi) is 3.95. The Morgan fingerprint density at radius 2 is 1.65 bits per heavy atom. The summed E-state index contributed by atoms with van der Waals surface area (Å²) in [5.74, 6) is 0. The van der Waals surface area contributed by atoms with Crippen LogP contribution in [0.25, 0.3) is 11.1 Å². The Labute approximate surface area is 129 Å². The minimum Gasteiger partial charge on any atom is -0.374 e. The molecule has 1 saturated heterocycles. The highest BCUT2D eigenvalue weighted by Gasteiger charge is 2.37. The van der Waals surface area contributed by atoms with Crippen molar-refractivity contribution < 1.29 is 4.74 Å². The SMILES string of the molecule is CC1(C(Br)c2ccc(-c3ccccc3)cc2)CCCO1. The van der Waals surface area contributed by atoms with Crippen LogP contribution in [0, 0.1) is 0 Å². The van der Waals surface area contributed by atoms with Gasteiger partial charge >= 0.3 is 0 Å². The summed E-state index contributed by atoms with van der Waals surface area (Å²) in [6, 6.07) is 19.3. The number of rotatable bonds is 3. The average molecular weight is 331 g/mol. The van der Waals surface area contributed by atoms with Crippen LogP contribution >= 0.6 is 15.9 Å². The molecule has 0 N–H and O–H groups in total. The van der Waals surface area contributed by atoms with E-state index in [-0.39, 0.29) is 10.4 Å². The molecule has 1 aliphatic rings. The molecule has 104 valence electrons. The van der Waals surface area contributed by atoms with Crippen molar-refractivity contribution in [1.82, 2.24) is 0 Å². The molecule has 2 unspecified atom stereocenters. The number of halogens is 1. The summed E-state index contributed by atoms with van der Waals surface area (Å²) in [7, 11) is 0. The van der Waals surface area contributed by atoms with E-state index >= 15 is 0 Å². The molecule has 2 heteroatoms. The summed E-state index contributed by atoms with van der Waals surface area (Å²) in [6.45, 7) is 3.07. The zero-order valence-corrected chi connectivity index (χ0v) is 13.3. The van der Waals surface area contributed by atoms with Crippen molar-refractivity contribution in [2.45, 2.75) is 30.2 Å². The Morgan fingerprint density at radius 3 is 2.25 bits per heavy atom. The first-order valence-electron chi connectivity index (χ1n) is 7.12. The van der Waals surface area contributed by atoms with Gasteiger partial charge in [-0.05, 0) is 36.5 Å². The van der Waals surface area contributed by atoms with Crippen molar-refractivity contribution in [2.24, 2.45) is 0 Å². The van der Waals surface area contributed by atoms with Crippen LogP contribution in [0.5, 0.6) is 0 Å². The van der Waals surface area contributed by atoms with Crippen molar-refractivity contribution >= 4 is 15.9 Å². The van der Waals surface area contributed by atoms with E-state index in [1.54, 1.807) is 0 Å². The minimum atomic E-state index is -0.0751. The van der Waals surface area contributed by atoms with Crippen LogP contribution in [0.15, 0.2) is 54.6 Å². The fourth-order valence-electron chi connectivity index (χ4n) is 2.83. The Balaban J connectivity index is 1.83. The molecule has 20 heavy (non-hydrogen) atoms. The van der Waals surface area contributed by atoms with Crippen LogP contribution in [0.4, 0.5) is 0 Å². The molecule has 1 fully saturated rings. The molecular formula is C18H19BrO. The highest BCUT2D eigenvalue weighted by atomic mass is 79.9. The van der Waals surface area contributed by atoms with Gasteiger partial charge in [0.1, 0.15) is 0 Å². The number of benzene rings is 2. The van der Waals surface area contributed by atoms with Gasteiger partial charge in [-0.2, -0.15) is 0 Å². The molecule has 3 rings (SSSR count). The first-order valence-corrected chi connectivity index (χ1v) is 8.04. The van der Waals surface area contributed by atoms with Crippen molar-refractivity contribution in [2.75, 3.05) is 6.61 Å². The van der Waals surface area contributed by atoms with Gasteiger partial charge in [-0.3, -0.25) is 0 Å². The third-order valence-electron chi connectivity index (χ3n) is 4.10. The molecule has 0 spiro atoms. The van der Waals surface area contributed by atoms with E-state index in [2.05, 4.69) is 71.4 Å². The van der Waals surface area contributed by atoms with E-state index < -0.39 is 0 Å².